The summed E-state index contributed by atoms with van der Waals surface area (Å²) in [6.45, 7) is 2.02. The Balaban J connectivity index is 1.48. The Labute approximate surface area is 152 Å². The second-order valence-electron chi connectivity index (χ2n) is 5.51. The Morgan fingerprint density at radius 3 is 2.54 bits per heavy atom. The molecular weight excluding hydrogens is 355 g/mol. The lowest BCUT2D eigenvalue weighted by Gasteiger charge is -2.03. The minimum absolute atomic E-state index is 0.314. The molecule has 0 saturated heterocycles. The zero-order chi connectivity index (χ0) is 17.9. The van der Waals surface area contributed by atoms with Crippen LogP contribution in [0.15, 0.2) is 58.2 Å². The summed E-state index contributed by atoms with van der Waals surface area (Å²) in [7, 11) is 0. The van der Waals surface area contributed by atoms with Crippen molar-refractivity contribution < 1.29 is 8.81 Å². The van der Waals surface area contributed by atoms with Crippen LogP contribution in [0.4, 0.5) is 4.39 Å². The molecule has 4 rings (SSSR count). The van der Waals surface area contributed by atoms with E-state index in [4.69, 9.17) is 4.42 Å². The van der Waals surface area contributed by atoms with Gasteiger partial charge in [0.05, 0.1) is 11.4 Å². The highest BCUT2D eigenvalue weighted by Crippen LogP contribution is 2.25. The average Bonchev–Trinajstić information content (AvgIpc) is 3.30. The minimum Gasteiger partial charge on any atom is -0.411 e. The molecule has 0 unspecified atom stereocenters. The zero-order valence-electron chi connectivity index (χ0n) is 13.7. The van der Waals surface area contributed by atoms with Crippen LogP contribution >= 0.6 is 11.8 Å². The Bertz CT molecular complexity index is 1010. The van der Waals surface area contributed by atoms with E-state index in [2.05, 4.69) is 25.7 Å². The van der Waals surface area contributed by atoms with Crippen LogP contribution in [-0.4, -0.2) is 30.4 Å². The first kappa shape index (κ1) is 16.4. The van der Waals surface area contributed by atoms with Crippen molar-refractivity contribution in [1.29, 1.82) is 0 Å². The van der Waals surface area contributed by atoms with Crippen molar-refractivity contribution in [3.05, 3.63) is 65.7 Å². The molecule has 2 aromatic carbocycles. The third kappa shape index (κ3) is 3.47. The van der Waals surface area contributed by atoms with Gasteiger partial charge in [0.2, 0.25) is 5.89 Å². The van der Waals surface area contributed by atoms with Crippen molar-refractivity contribution in [3.63, 3.8) is 0 Å². The highest BCUT2D eigenvalue weighted by atomic mass is 32.2. The molecule has 9 heteroatoms. The first-order chi connectivity index (χ1) is 12.7. The number of aromatic nitrogens is 6. The van der Waals surface area contributed by atoms with E-state index in [0.29, 0.717) is 28.3 Å². The molecule has 0 amide bonds. The predicted octanol–water partition coefficient (Wildman–Crippen LogP) is 3.45. The third-order valence-electron chi connectivity index (χ3n) is 3.64. The van der Waals surface area contributed by atoms with Gasteiger partial charge in [0, 0.05) is 5.56 Å². The molecule has 7 nitrogen and oxygen atoms in total. The van der Waals surface area contributed by atoms with Crippen LogP contribution in [-0.2, 0) is 5.75 Å². The first-order valence-corrected chi connectivity index (χ1v) is 8.74. The number of thioether (sulfide) groups is 1. The molecule has 0 radical (unpaired) electrons. The van der Waals surface area contributed by atoms with E-state index >= 15 is 0 Å². The summed E-state index contributed by atoms with van der Waals surface area (Å²) in [4.78, 5) is 0. The van der Waals surface area contributed by atoms with Gasteiger partial charge in [0.25, 0.3) is 5.22 Å². The number of nitrogens with zero attached hydrogens (tertiary/aromatic N) is 6. The highest BCUT2D eigenvalue weighted by Gasteiger charge is 2.13. The molecule has 130 valence electrons. The molecule has 0 bridgehead atoms. The predicted molar refractivity (Wildman–Crippen MR) is 93.1 cm³/mol. The Kier molecular flexibility index (Phi) is 4.44. The van der Waals surface area contributed by atoms with Crippen LogP contribution in [0.5, 0.6) is 0 Å². The van der Waals surface area contributed by atoms with Crippen LogP contribution < -0.4 is 0 Å². The van der Waals surface area contributed by atoms with Crippen molar-refractivity contribution >= 4 is 11.8 Å². The molecular formula is C17H13FN6OS. The molecule has 0 saturated carbocycles. The lowest BCUT2D eigenvalue weighted by Crippen LogP contribution is -2.02. The smallest absolute Gasteiger partial charge is 0.277 e. The summed E-state index contributed by atoms with van der Waals surface area (Å²) in [5.74, 6) is 1.16. The van der Waals surface area contributed by atoms with Crippen molar-refractivity contribution in [2.75, 3.05) is 0 Å². The Hall–Kier alpha value is -3.07. The molecule has 0 aliphatic carbocycles. The number of benzene rings is 2. The number of aryl methyl sites for hydroxylation is 1. The van der Waals surface area contributed by atoms with Gasteiger partial charge in [-0.05, 0) is 53.7 Å². The normalized spacial score (nSPS) is 11.0. The summed E-state index contributed by atoms with van der Waals surface area (Å²) in [6.07, 6.45) is 0. The van der Waals surface area contributed by atoms with Crippen LogP contribution in [0.3, 0.4) is 0 Å². The van der Waals surface area contributed by atoms with Gasteiger partial charge < -0.3 is 4.42 Å². The SMILES string of the molecule is Cc1ccc(-n2nnnc2CSc2nnc(-c3ccc(F)cc3)o2)cc1. The third-order valence-corrected chi connectivity index (χ3v) is 4.45. The van der Waals surface area contributed by atoms with E-state index in [0.717, 1.165) is 11.3 Å². The number of hydrogen-bond donors (Lipinski definition) is 0. The van der Waals surface area contributed by atoms with Crippen molar-refractivity contribution in [3.8, 4) is 17.1 Å². The molecule has 2 heterocycles. The molecule has 0 aliphatic heterocycles. The molecule has 0 fully saturated rings. The van der Waals surface area contributed by atoms with Gasteiger partial charge in [-0.2, -0.15) is 4.68 Å². The maximum Gasteiger partial charge on any atom is 0.277 e. The van der Waals surface area contributed by atoms with E-state index in [-0.39, 0.29) is 5.82 Å². The second-order valence-corrected chi connectivity index (χ2v) is 6.44. The minimum atomic E-state index is -0.314. The Morgan fingerprint density at radius 2 is 1.77 bits per heavy atom. The highest BCUT2D eigenvalue weighted by molar-refractivity contribution is 7.98. The molecule has 0 N–H and O–H groups in total. The Morgan fingerprint density at radius 1 is 1.00 bits per heavy atom. The van der Waals surface area contributed by atoms with Gasteiger partial charge in [-0.1, -0.05) is 29.5 Å². The van der Waals surface area contributed by atoms with Crippen LogP contribution in [0.25, 0.3) is 17.1 Å². The van der Waals surface area contributed by atoms with E-state index in [9.17, 15) is 4.39 Å². The largest absolute Gasteiger partial charge is 0.411 e. The van der Waals surface area contributed by atoms with Crippen LogP contribution in [0.2, 0.25) is 0 Å². The quantitative estimate of drug-likeness (QED) is 0.499. The number of halogens is 1. The van der Waals surface area contributed by atoms with Gasteiger partial charge in [0.1, 0.15) is 5.82 Å². The first-order valence-electron chi connectivity index (χ1n) is 7.75. The lowest BCUT2D eigenvalue weighted by molar-refractivity contribution is 0.465. The van der Waals surface area contributed by atoms with E-state index < -0.39 is 0 Å². The van der Waals surface area contributed by atoms with Crippen LogP contribution in [0, 0.1) is 12.7 Å². The molecule has 0 aliphatic rings. The number of hydrogen-bond acceptors (Lipinski definition) is 7. The van der Waals surface area contributed by atoms with Crippen molar-refractivity contribution in [2.24, 2.45) is 0 Å². The van der Waals surface area contributed by atoms with E-state index in [1.165, 1.54) is 23.9 Å². The zero-order valence-corrected chi connectivity index (χ0v) is 14.5. The van der Waals surface area contributed by atoms with Crippen molar-refractivity contribution in [2.45, 2.75) is 17.9 Å². The van der Waals surface area contributed by atoms with Gasteiger partial charge >= 0.3 is 0 Å². The molecule has 2 aromatic heterocycles. The molecule has 0 atom stereocenters. The molecule has 0 spiro atoms. The fraction of sp³-hybridized carbons (Fsp3) is 0.118. The standard InChI is InChI=1S/C17H13FN6OS/c1-11-2-8-14(9-3-11)24-15(19-22-23-24)10-26-17-21-20-16(25-17)12-4-6-13(18)7-5-12/h2-9H,10H2,1H3. The van der Waals surface area contributed by atoms with Gasteiger partial charge in [0.15, 0.2) is 5.82 Å². The number of tetrazole rings is 1. The summed E-state index contributed by atoms with van der Waals surface area (Å²) in [5, 5.41) is 20.2. The second kappa shape index (κ2) is 7.04. The maximum absolute atomic E-state index is 13.0. The topological polar surface area (TPSA) is 82.5 Å². The van der Waals surface area contributed by atoms with Gasteiger partial charge in [-0.3, -0.25) is 0 Å². The average molecular weight is 368 g/mol. The summed E-state index contributed by atoms with van der Waals surface area (Å²) in [6, 6.07) is 13.8. The monoisotopic (exact) mass is 368 g/mol. The fourth-order valence-corrected chi connectivity index (χ4v) is 2.95. The van der Waals surface area contributed by atoms with E-state index in [1.54, 1.807) is 16.8 Å². The molecule has 26 heavy (non-hydrogen) atoms. The fourth-order valence-electron chi connectivity index (χ4n) is 2.29. The number of rotatable bonds is 5. The summed E-state index contributed by atoms with van der Waals surface area (Å²) < 4.78 is 20.3. The van der Waals surface area contributed by atoms with Gasteiger partial charge in [-0.25, -0.2) is 4.39 Å². The van der Waals surface area contributed by atoms with E-state index in [1.807, 2.05) is 31.2 Å². The lowest BCUT2D eigenvalue weighted by atomic mass is 10.2. The van der Waals surface area contributed by atoms with Crippen LogP contribution in [0.1, 0.15) is 11.4 Å². The molecule has 4 aromatic rings. The summed E-state index contributed by atoms with van der Waals surface area (Å²) in [5.41, 5.74) is 2.71. The summed E-state index contributed by atoms with van der Waals surface area (Å²) >= 11 is 1.33. The maximum atomic E-state index is 13.0. The van der Waals surface area contributed by atoms with Crippen molar-refractivity contribution in [1.82, 2.24) is 30.4 Å². The van der Waals surface area contributed by atoms with Gasteiger partial charge in [-0.15, -0.1) is 15.3 Å².